The van der Waals surface area contributed by atoms with Crippen LogP contribution < -0.4 is 10.1 Å². The number of nitrogens with zero attached hydrogens (tertiary/aromatic N) is 2. The summed E-state index contributed by atoms with van der Waals surface area (Å²) in [6.07, 6.45) is 0. The smallest absolute Gasteiger partial charge is 0.336 e. The van der Waals surface area contributed by atoms with Crippen molar-refractivity contribution in [2.45, 2.75) is 19.8 Å². The molecule has 0 bridgehead atoms. The summed E-state index contributed by atoms with van der Waals surface area (Å²) < 4.78 is 10.5. The Hall–Kier alpha value is -3.42. The van der Waals surface area contributed by atoms with Gasteiger partial charge in [-0.3, -0.25) is 9.69 Å². The summed E-state index contributed by atoms with van der Waals surface area (Å²) in [5.41, 5.74) is 1.93. The normalized spacial score (nSPS) is 19.3. The summed E-state index contributed by atoms with van der Waals surface area (Å²) in [5.74, 6) is -0.207. The minimum Gasteiger partial charge on any atom is -0.504 e. The summed E-state index contributed by atoms with van der Waals surface area (Å²) in [4.78, 5) is 29.3. The zero-order valence-corrected chi connectivity index (χ0v) is 17.2. The van der Waals surface area contributed by atoms with Crippen LogP contribution in [0, 0.1) is 0 Å². The number of benzene rings is 1. The predicted octanol–water partition coefficient (Wildman–Crippen LogP) is 2.01. The first kappa shape index (κ1) is 20.3. The van der Waals surface area contributed by atoms with Crippen LogP contribution in [0.4, 0.5) is 0 Å². The molecule has 0 aliphatic carbocycles. The molecule has 0 spiro atoms. The molecule has 2 aliphatic heterocycles. The van der Waals surface area contributed by atoms with E-state index in [-0.39, 0.29) is 24.0 Å². The van der Waals surface area contributed by atoms with Gasteiger partial charge in [-0.25, -0.2) is 4.79 Å². The van der Waals surface area contributed by atoms with Crippen molar-refractivity contribution in [3.63, 3.8) is 0 Å². The lowest BCUT2D eigenvalue weighted by molar-refractivity contribution is -0.138. The van der Waals surface area contributed by atoms with Crippen molar-refractivity contribution in [3.8, 4) is 11.5 Å². The van der Waals surface area contributed by atoms with Crippen LogP contribution in [-0.2, 0) is 14.3 Å². The van der Waals surface area contributed by atoms with Crippen LogP contribution in [0.5, 0.6) is 11.5 Å². The lowest BCUT2D eigenvalue weighted by Gasteiger charge is -2.42. The Balaban J connectivity index is 2.27. The molecule has 2 N–H and O–H groups in total. The summed E-state index contributed by atoms with van der Waals surface area (Å²) in [6, 6.07) is 4.77. The number of dihydropyridines is 1. The molecular formula is C21H25N3O5. The lowest BCUT2D eigenvalue weighted by atomic mass is 9.80. The van der Waals surface area contributed by atoms with Crippen molar-refractivity contribution < 1.29 is 24.2 Å². The SMILES string of the molecule is C=C1N(C)C(=O)C2=C(NC(C)=C(C(=O)OCC)C2c2ccc(O)c(OC)c2)N1C. The topological polar surface area (TPSA) is 91.3 Å². The fourth-order valence-electron chi connectivity index (χ4n) is 3.64. The average molecular weight is 399 g/mol. The average Bonchev–Trinajstić information content (AvgIpc) is 2.70. The highest BCUT2D eigenvalue weighted by Gasteiger charge is 2.43. The van der Waals surface area contributed by atoms with Gasteiger partial charge in [-0.1, -0.05) is 12.6 Å². The molecule has 0 aromatic heterocycles. The molecule has 1 amide bonds. The van der Waals surface area contributed by atoms with E-state index >= 15 is 0 Å². The fraction of sp³-hybridized carbons (Fsp3) is 0.333. The predicted molar refractivity (Wildman–Crippen MR) is 107 cm³/mol. The molecule has 0 fully saturated rings. The van der Waals surface area contributed by atoms with E-state index in [0.717, 1.165) is 0 Å². The number of likely N-dealkylation sites (N-methyl/N-ethyl adjacent to an activating group) is 1. The number of hydrogen-bond acceptors (Lipinski definition) is 7. The molecule has 2 aliphatic rings. The number of methoxy groups -OCH3 is 1. The third kappa shape index (κ3) is 3.20. The molecule has 1 unspecified atom stereocenters. The molecule has 1 aromatic carbocycles. The number of rotatable bonds is 4. The van der Waals surface area contributed by atoms with E-state index in [1.165, 1.54) is 18.1 Å². The van der Waals surface area contributed by atoms with Crippen molar-refractivity contribution >= 4 is 11.9 Å². The Morgan fingerprint density at radius 3 is 2.62 bits per heavy atom. The maximum absolute atomic E-state index is 13.2. The molecular weight excluding hydrogens is 374 g/mol. The minimum atomic E-state index is -0.703. The number of hydrogen-bond donors (Lipinski definition) is 2. The maximum Gasteiger partial charge on any atom is 0.336 e. The second kappa shape index (κ2) is 7.54. The number of phenolic OH excluding ortho intramolecular Hbond substituents is 1. The van der Waals surface area contributed by atoms with Crippen LogP contribution in [0.2, 0.25) is 0 Å². The Morgan fingerprint density at radius 2 is 2.00 bits per heavy atom. The van der Waals surface area contributed by atoms with E-state index in [2.05, 4.69) is 11.9 Å². The molecule has 2 heterocycles. The highest BCUT2D eigenvalue weighted by Crippen LogP contribution is 2.44. The van der Waals surface area contributed by atoms with Crippen LogP contribution in [0.25, 0.3) is 0 Å². The molecule has 0 radical (unpaired) electrons. The highest BCUT2D eigenvalue weighted by molar-refractivity contribution is 6.03. The summed E-state index contributed by atoms with van der Waals surface area (Å²) >= 11 is 0. The maximum atomic E-state index is 13.2. The van der Waals surface area contributed by atoms with Gasteiger partial charge in [0.1, 0.15) is 11.6 Å². The van der Waals surface area contributed by atoms with E-state index < -0.39 is 11.9 Å². The van der Waals surface area contributed by atoms with Gasteiger partial charge in [-0.2, -0.15) is 0 Å². The van der Waals surface area contributed by atoms with E-state index in [9.17, 15) is 14.7 Å². The zero-order chi connectivity index (χ0) is 21.5. The Kier molecular flexibility index (Phi) is 5.28. The van der Waals surface area contributed by atoms with Crippen molar-refractivity contribution in [2.24, 2.45) is 0 Å². The standard InChI is InChI=1S/C21H25N3O5/c1-7-29-21(27)16-11(2)22-19-18(20(26)24(5)12(3)23(19)4)17(16)13-8-9-14(25)15(10-13)28-6/h8-10,17,22,25H,3,7H2,1-2,4-6H3. The molecule has 8 heteroatoms. The summed E-state index contributed by atoms with van der Waals surface area (Å²) in [5, 5.41) is 13.2. The van der Waals surface area contributed by atoms with Gasteiger partial charge < -0.3 is 24.8 Å². The molecule has 0 saturated heterocycles. The van der Waals surface area contributed by atoms with Crippen molar-refractivity contribution in [1.82, 2.24) is 15.1 Å². The number of ether oxygens (including phenoxy) is 2. The Morgan fingerprint density at radius 1 is 1.31 bits per heavy atom. The third-order valence-corrected chi connectivity index (χ3v) is 5.22. The van der Waals surface area contributed by atoms with Gasteiger partial charge in [0.2, 0.25) is 0 Å². The van der Waals surface area contributed by atoms with Crippen molar-refractivity contribution in [3.05, 3.63) is 58.8 Å². The number of carbonyl (C=O) groups is 2. The number of amides is 1. The first-order valence-corrected chi connectivity index (χ1v) is 9.19. The van der Waals surface area contributed by atoms with Crippen LogP contribution in [0.15, 0.2) is 53.3 Å². The van der Waals surface area contributed by atoms with Gasteiger partial charge in [0, 0.05) is 19.8 Å². The first-order chi connectivity index (χ1) is 13.7. The van der Waals surface area contributed by atoms with Crippen molar-refractivity contribution in [1.29, 1.82) is 0 Å². The largest absolute Gasteiger partial charge is 0.504 e. The molecule has 8 nitrogen and oxygen atoms in total. The van der Waals surface area contributed by atoms with E-state index in [1.54, 1.807) is 45.0 Å². The molecule has 1 atom stereocenters. The number of aromatic hydroxyl groups is 1. The fourth-order valence-corrected chi connectivity index (χ4v) is 3.64. The quantitative estimate of drug-likeness (QED) is 0.749. The van der Waals surface area contributed by atoms with Crippen molar-refractivity contribution in [2.75, 3.05) is 27.8 Å². The molecule has 29 heavy (non-hydrogen) atoms. The minimum absolute atomic E-state index is 0.0321. The Bertz CT molecular complexity index is 963. The summed E-state index contributed by atoms with van der Waals surface area (Å²) in [7, 11) is 4.87. The first-order valence-electron chi connectivity index (χ1n) is 9.19. The van der Waals surface area contributed by atoms with E-state index in [0.29, 0.717) is 34.0 Å². The number of allylic oxidation sites excluding steroid dienone is 1. The third-order valence-electron chi connectivity index (χ3n) is 5.22. The van der Waals surface area contributed by atoms with E-state index in [1.807, 2.05) is 0 Å². The van der Waals surface area contributed by atoms with Crippen LogP contribution >= 0.6 is 0 Å². The molecule has 3 rings (SSSR count). The second-order valence-electron chi connectivity index (χ2n) is 6.85. The monoisotopic (exact) mass is 399 g/mol. The van der Waals surface area contributed by atoms with Crippen LogP contribution in [0.3, 0.4) is 0 Å². The van der Waals surface area contributed by atoms with Gasteiger partial charge in [0.25, 0.3) is 5.91 Å². The van der Waals surface area contributed by atoms with Gasteiger partial charge in [0.15, 0.2) is 11.5 Å². The lowest BCUT2D eigenvalue weighted by Crippen LogP contribution is -2.48. The zero-order valence-electron chi connectivity index (χ0n) is 17.2. The molecule has 154 valence electrons. The van der Waals surface area contributed by atoms with E-state index in [4.69, 9.17) is 9.47 Å². The van der Waals surface area contributed by atoms with Crippen LogP contribution in [0.1, 0.15) is 25.3 Å². The molecule has 0 saturated carbocycles. The second-order valence-corrected chi connectivity index (χ2v) is 6.85. The molecule has 1 aromatic rings. The van der Waals surface area contributed by atoms with Gasteiger partial charge in [-0.05, 0) is 31.5 Å². The number of carbonyl (C=O) groups excluding carboxylic acids is 2. The highest BCUT2D eigenvalue weighted by atomic mass is 16.5. The summed E-state index contributed by atoms with van der Waals surface area (Å²) in [6.45, 7) is 7.66. The number of phenols is 1. The van der Waals surface area contributed by atoms with Crippen LogP contribution in [-0.4, -0.2) is 54.6 Å². The number of nitrogens with one attached hydrogen (secondary N) is 1. The van der Waals surface area contributed by atoms with Gasteiger partial charge in [-0.15, -0.1) is 0 Å². The van der Waals surface area contributed by atoms with Gasteiger partial charge >= 0.3 is 5.97 Å². The van der Waals surface area contributed by atoms with Gasteiger partial charge in [0.05, 0.1) is 30.8 Å². The Labute approximate surface area is 169 Å². The number of esters is 1.